The van der Waals surface area contributed by atoms with Gasteiger partial charge in [0.15, 0.2) is 0 Å². The van der Waals surface area contributed by atoms with Gasteiger partial charge in [-0.3, -0.25) is 10.1 Å². The molecule has 3 amide bonds. The molecule has 92 valence electrons. The van der Waals surface area contributed by atoms with E-state index in [-0.39, 0.29) is 6.10 Å². The summed E-state index contributed by atoms with van der Waals surface area (Å²) >= 11 is 0. The summed E-state index contributed by atoms with van der Waals surface area (Å²) in [5, 5.41) is 4.47. The van der Waals surface area contributed by atoms with Crippen LogP contribution in [-0.4, -0.2) is 37.7 Å². The predicted molar refractivity (Wildman–Crippen MR) is 58.7 cm³/mol. The summed E-state index contributed by atoms with van der Waals surface area (Å²) in [5.41, 5.74) is 5.48. The second kappa shape index (κ2) is 5.81. The van der Waals surface area contributed by atoms with E-state index in [9.17, 15) is 9.59 Å². The molecule has 1 rings (SSSR count). The topological polar surface area (TPSA) is 93.5 Å². The van der Waals surface area contributed by atoms with E-state index in [1.54, 1.807) is 6.92 Å². The SMILES string of the molecule is CNC(=O)NC(=O)C(C)OC1CC(CN)C1. The first-order chi connectivity index (χ1) is 7.56. The largest absolute Gasteiger partial charge is 0.365 e. The standard InChI is InChI=1S/C10H19N3O3/c1-6(9(14)13-10(15)12-2)16-8-3-7(4-8)5-11/h6-8H,3-5,11H2,1-2H3,(H2,12,13,14,15). The summed E-state index contributed by atoms with van der Waals surface area (Å²) in [6.45, 7) is 2.30. The molecule has 1 aliphatic carbocycles. The van der Waals surface area contributed by atoms with Crippen LogP contribution in [0.5, 0.6) is 0 Å². The van der Waals surface area contributed by atoms with Crippen molar-refractivity contribution in [3.8, 4) is 0 Å². The summed E-state index contributed by atoms with van der Waals surface area (Å²) in [5.74, 6) is 0.0924. The highest BCUT2D eigenvalue weighted by Crippen LogP contribution is 2.29. The van der Waals surface area contributed by atoms with Gasteiger partial charge >= 0.3 is 6.03 Å². The first-order valence-corrected chi connectivity index (χ1v) is 5.45. The lowest BCUT2D eigenvalue weighted by Gasteiger charge is -2.35. The van der Waals surface area contributed by atoms with Crippen LogP contribution in [0.4, 0.5) is 4.79 Å². The number of urea groups is 1. The molecule has 1 fully saturated rings. The van der Waals surface area contributed by atoms with Gasteiger partial charge in [-0.1, -0.05) is 0 Å². The molecule has 4 N–H and O–H groups in total. The number of carbonyl (C=O) groups is 2. The Balaban J connectivity index is 2.22. The lowest BCUT2D eigenvalue weighted by Crippen LogP contribution is -2.46. The fraction of sp³-hybridized carbons (Fsp3) is 0.800. The molecular weight excluding hydrogens is 210 g/mol. The Morgan fingerprint density at radius 2 is 2.12 bits per heavy atom. The molecule has 6 heteroatoms. The van der Waals surface area contributed by atoms with Gasteiger partial charge in [0.25, 0.3) is 5.91 Å². The first-order valence-electron chi connectivity index (χ1n) is 5.45. The average Bonchev–Trinajstić information content (AvgIpc) is 2.21. The van der Waals surface area contributed by atoms with Crippen molar-refractivity contribution in [1.29, 1.82) is 0 Å². The maximum Gasteiger partial charge on any atom is 0.321 e. The third-order valence-electron chi connectivity index (χ3n) is 2.76. The normalized spacial score (nSPS) is 25.4. The fourth-order valence-corrected chi connectivity index (χ4v) is 1.60. The highest BCUT2D eigenvalue weighted by Gasteiger charge is 2.31. The second-order valence-electron chi connectivity index (χ2n) is 4.04. The van der Waals surface area contributed by atoms with E-state index >= 15 is 0 Å². The molecule has 1 atom stereocenters. The molecule has 0 aliphatic heterocycles. The minimum absolute atomic E-state index is 0.0963. The monoisotopic (exact) mass is 229 g/mol. The van der Waals surface area contributed by atoms with Crippen molar-refractivity contribution in [2.24, 2.45) is 11.7 Å². The highest BCUT2D eigenvalue weighted by molar-refractivity contribution is 5.96. The van der Waals surface area contributed by atoms with Crippen LogP contribution in [0.2, 0.25) is 0 Å². The van der Waals surface area contributed by atoms with Crippen molar-refractivity contribution in [3.63, 3.8) is 0 Å². The maximum atomic E-state index is 11.4. The van der Waals surface area contributed by atoms with Crippen LogP contribution in [0.1, 0.15) is 19.8 Å². The molecular formula is C10H19N3O3. The van der Waals surface area contributed by atoms with Gasteiger partial charge in [0, 0.05) is 7.05 Å². The fourth-order valence-electron chi connectivity index (χ4n) is 1.60. The minimum Gasteiger partial charge on any atom is -0.365 e. The van der Waals surface area contributed by atoms with Gasteiger partial charge in [0.1, 0.15) is 6.10 Å². The molecule has 0 bridgehead atoms. The molecule has 16 heavy (non-hydrogen) atoms. The van der Waals surface area contributed by atoms with E-state index in [1.807, 2.05) is 0 Å². The lowest BCUT2D eigenvalue weighted by atomic mass is 9.82. The molecule has 0 aromatic rings. The Hall–Kier alpha value is -1.14. The number of imide groups is 1. The molecule has 0 radical (unpaired) electrons. The van der Waals surface area contributed by atoms with Gasteiger partial charge in [-0.05, 0) is 32.2 Å². The van der Waals surface area contributed by atoms with Crippen molar-refractivity contribution < 1.29 is 14.3 Å². The molecule has 0 aromatic carbocycles. The van der Waals surface area contributed by atoms with E-state index in [2.05, 4.69) is 10.6 Å². The first kappa shape index (κ1) is 12.9. The molecule has 6 nitrogen and oxygen atoms in total. The van der Waals surface area contributed by atoms with Crippen molar-refractivity contribution in [2.45, 2.75) is 32.0 Å². The zero-order valence-corrected chi connectivity index (χ0v) is 9.66. The zero-order valence-electron chi connectivity index (χ0n) is 9.66. The van der Waals surface area contributed by atoms with E-state index in [0.717, 1.165) is 12.8 Å². The smallest absolute Gasteiger partial charge is 0.321 e. The minimum atomic E-state index is -0.610. The number of amides is 3. The Morgan fingerprint density at radius 3 is 2.62 bits per heavy atom. The van der Waals surface area contributed by atoms with Crippen LogP contribution >= 0.6 is 0 Å². The molecule has 0 heterocycles. The van der Waals surface area contributed by atoms with Crippen LogP contribution in [0, 0.1) is 5.92 Å². The third kappa shape index (κ3) is 3.46. The molecule has 1 saturated carbocycles. The number of carbonyl (C=O) groups excluding carboxylic acids is 2. The van der Waals surface area contributed by atoms with Crippen LogP contribution in [-0.2, 0) is 9.53 Å². The molecule has 0 spiro atoms. The third-order valence-corrected chi connectivity index (χ3v) is 2.76. The van der Waals surface area contributed by atoms with E-state index < -0.39 is 18.0 Å². The van der Waals surface area contributed by atoms with Gasteiger partial charge in [0.2, 0.25) is 0 Å². The molecule has 0 saturated heterocycles. The number of nitrogens with two attached hydrogens (primary N) is 1. The summed E-state index contributed by atoms with van der Waals surface area (Å²) < 4.78 is 5.48. The summed E-state index contributed by atoms with van der Waals surface area (Å²) in [6.07, 6.45) is 1.28. The van der Waals surface area contributed by atoms with Crippen LogP contribution in [0.25, 0.3) is 0 Å². The van der Waals surface area contributed by atoms with Crippen LogP contribution in [0.15, 0.2) is 0 Å². The summed E-state index contributed by atoms with van der Waals surface area (Å²) in [6, 6.07) is -0.520. The highest BCUT2D eigenvalue weighted by atomic mass is 16.5. The van der Waals surface area contributed by atoms with Crippen molar-refractivity contribution in [3.05, 3.63) is 0 Å². The Kier molecular flexibility index (Phi) is 4.70. The number of rotatable bonds is 4. The second-order valence-corrected chi connectivity index (χ2v) is 4.04. The average molecular weight is 229 g/mol. The van der Waals surface area contributed by atoms with Crippen LogP contribution in [0.3, 0.4) is 0 Å². The summed E-state index contributed by atoms with van der Waals surface area (Å²) in [4.78, 5) is 22.3. The predicted octanol–water partition coefficient (Wildman–Crippen LogP) is -0.416. The van der Waals surface area contributed by atoms with Gasteiger partial charge in [-0.15, -0.1) is 0 Å². The van der Waals surface area contributed by atoms with E-state index in [1.165, 1.54) is 7.05 Å². The maximum absolute atomic E-state index is 11.4. The molecule has 0 aromatic heterocycles. The number of nitrogens with one attached hydrogen (secondary N) is 2. The van der Waals surface area contributed by atoms with Gasteiger partial charge in [0.05, 0.1) is 6.10 Å². The van der Waals surface area contributed by atoms with Crippen molar-refractivity contribution in [2.75, 3.05) is 13.6 Å². The molecule has 1 unspecified atom stereocenters. The van der Waals surface area contributed by atoms with Gasteiger partial charge < -0.3 is 15.8 Å². The Morgan fingerprint density at radius 1 is 1.50 bits per heavy atom. The van der Waals surface area contributed by atoms with Gasteiger partial charge in [-0.25, -0.2) is 4.79 Å². The van der Waals surface area contributed by atoms with E-state index in [4.69, 9.17) is 10.5 Å². The summed E-state index contributed by atoms with van der Waals surface area (Å²) in [7, 11) is 1.45. The van der Waals surface area contributed by atoms with Gasteiger partial charge in [-0.2, -0.15) is 0 Å². The number of hydrogen-bond acceptors (Lipinski definition) is 4. The van der Waals surface area contributed by atoms with Crippen molar-refractivity contribution >= 4 is 11.9 Å². The van der Waals surface area contributed by atoms with Crippen molar-refractivity contribution in [1.82, 2.24) is 10.6 Å². The zero-order chi connectivity index (χ0) is 12.1. The Labute approximate surface area is 94.9 Å². The van der Waals surface area contributed by atoms with Crippen LogP contribution < -0.4 is 16.4 Å². The molecule has 1 aliphatic rings. The Bertz CT molecular complexity index is 264. The number of hydrogen-bond donors (Lipinski definition) is 3. The number of ether oxygens (including phenoxy) is 1. The quantitative estimate of drug-likeness (QED) is 0.610. The van der Waals surface area contributed by atoms with E-state index in [0.29, 0.717) is 12.5 Å². The lowest BCUT2D eigenvalue weighted by molar-refractivity contribution is -0.139.